The highest BCUT2D eigenvalue weighted by Gasteiger charge is 2.18. The molecule has 23 heavy (non-hydrogen) atoms. The number of rotatable bonds is 5. The smallest absolute Gasteiger partial charge is 0.261 e. The summed E-state index contributed by atoms with van der Waals surface area (Å²) >= 11 is 5.84. The molecule has 0 unspecified atom stereocenters. The van der Waals surface area contributed by atoms with Gasteiger partial charge in [0.1, 0.15) is 5.75 Å². The van der Waals surface area contributed by atoms with Gasteiger partial charge in [-0.15, -0.1) is 0 Å². The molecule has 4 heteroatoms. The van der Waals surface area contributed by atoms with Crippen LogP contribution >= 0.6 is 11.6 Å². The van der Waals surface area contributed by atoms with E-state index < -0.39 is 6.10 Å². The van der Waals surface area contributed by atoms with Crippen LogP contribution in [0.25, 0.3) is 0 Å². The predicted molar refractivity (Wildman–Crippen MR) is 94.0 cm³/mol. The summed E-state index contributed by atoms with van der Waals surface area (Å²) in [6.45, 7) is 7.85. The van der Waals surface area contributed by atoms with Gasteiger partial charge in [0.25, 0.3) is 5.91 Å². The Labute approximate surface area is 142 Å². The number of carbonyl (C=O) groups excluding carboxylic acids is 1. The van der Waals surface area contributed by atoms with E-state index in [-0.39, 0.29) is 11.9 Å². The fraction of sp³-hybridized carbons (Fsp3) is 0.316. The predicted octanol–water partition coefficient (Wildman–Crippen LogP) is 4.60. The second-order valence-corrected chi connectivity index (χ2v) is 6.22. The van der Waals surface area contributed by atoms with Crippen molar-refractivity contribution in [1.82, 2.24) is 5.32 Å². The molecule has 1 amide bonds. The van der Waals surface area contributed by atoms with Gasteiger partial charge in [0.05, 0.1) is 6.04 Å². The maximum absolute atomic E-state index is 12.3. The number of nitrogens with one attached hydrogen (secondary N) is 1. The third-order valence-electron chi connectivity index (χ3n) is 3.89. The zero-order valence-electron chi connectivity index (χ0n) is 13.9. The molecular weight excluding hydrogens is 310 g/mol. The van der Waals surface area contributed by atoms with E-state index in [0.717, 1.165) is 5.56 Å². The quantitative estimate of drug-likeness (QED) is 0.869. The van der Waals surface area contributed by atoms with Gasteiger partial charge in [-0.25, -0.2) is 0 Å². The zero-order valence-corrected chi connectivity index (χ0v) is 14.6. The zero-order chi connectivity index (χ0) is 17.0. The molecule has 0 spiro atoms. The Morgan fingerprint density at radius 1 is 1.04 bits per heavy atom. The van der Waals surface area contributed by atoms with Crippen LogP contribution in [0.4, 0.5) is 0 Å². The molecular formula is C19H22ClNO2. The number of hydrogen-bond acceptors (Lipinski definition) is 2. The van der Waals surface area contributed by atoms with Crippen LogP contribution in [0.3, 0.4) is 0 Å². The van der Waals surface area contributed by atoms with Crippen molar-refractivity contribution in [3.63, 3.8) is 0 Å². The summed E-state index contributed by atoms with van der Waals surface area (Å²) in [5, 5.41) is 3.62. The number of amides is 1. The highest BCUT2D eigenvalue weighted by Crippen LogP contribution is 2.19. The van der Waals surface area contributed by atoms with Crippen molar-refractivity contribution in [2.45, 2.75) is 39.8 Å². The molecule has 3 nitrogen and oxygen atoms in total. The van der Waals surface area contributed by atoms with Gasteiger partial charge in [0, 0.05) is 5.02 Å². The van der Waals surface area contributed by atoms with E-state index in [2.05, 4.69) is 31.3 Å². The molecule has 0 aliphatic carbocycles. The molecule has 1 N–H and O–H groups in total. The summed E-state index contributed by atoms with van der Waals surface area (Å²) in [6.07, 6.45) is -0.579. The summed E-state index contributed by atoms with van der Waals surface area (Å²) < 4.78 is 5.64. The topological polar surface area (TPSA) is 38.3 Å². The lowest BCUT2D eigenvalue weighted by atomic mass is 10.0. The van der Waals surface area contributed by atoms with Crippen LogP contribution in [-0.4, -0.2) is 12.0 Å². The van der Waals surface area contributed by atoms with E-state index in [1.807, 2.05) is 13.0 Å². The normalized spacial score (nSPS) is 13.3. The minimum Gasteiger partial charge on any atom is -0.481 e. The molecule has 2 rings (SSSR count). The second-order valence-electron chi connectivity index (χ2n) is 5.79. The fourth-order valence-corrected chi connectivity index (χ4v) is 2.34. The van der Waals surface area contributed by atoms with Crippen LogP contribution in [-0.2, 0) is 4.79 Å². The Kier molecular flexibility index (Phi) is 5.67. The third kappa shape index (κ3) is 4.73. The summed E-state index contributed by atoms with van der Waals surface area (Å²) in [4.78, 5) is 12.3. The summed E-state index contributed by atoms with van der Waals surface area (Å²) in [7, 11) is 0. The maximum atomic E-state index is 12.3. The molecule has 0 heterocycles. The van der Waals surface area contributed by atoms with Gasteiger partial charge in [-0.2, -0.15) is 0 Å². The molecule has 0 saturated carbocycles. The molecule has 0 aliphatic rings. The lowest BCUT2D eigenvalue weighted by Crippen LogP contribution is -2.37. The highest BCUT2D eigenvalue weighted by atomic mass is 35.5. The number of hydrogen-bond donors (Lipinski definition) is 1. The van der Waals surface area contributed by atoms with Gasteiger partial charge in [-0.05, 0) is 68.7 Å². The Balaban J connectivity index is 1.96. The standard InChI is InChI=1S/C19H22ClNO2/c1-12-5-6-16(11-13(12)2)14(3)21-19(22)15(4)23-18-9-7-17(20)8-10-18/h5-11,14-15H,1-4H3,(H,21,22)/t14-,15+/m1/s1. The average Bonchev–Trinajstić information content (AvgIpc) is 2.52. The summed E-state index contributed by atoms with van der Waals surface area (Å²) in [6, 6.07) is 13.1. The molecule has 2 atom stereocenters. The molecule has 0 bridgehead atoms. The minimum atomic E-state index is -0.579. The first-order valence-electron chi connectivity index (χ1n) is 7.66. The Bertz CT molecular complexity index is 682. The van der Waals surface area contributed by atoms with E-state index in [1.54, 1.807) is 31.2 Å². The van der Waals surface area contributed by atoms with Crippen LogP contribution in [0, 0.1) is 13.8 Å². The van der Waals surface area contributed by atoms with Gasteiger partial charge in [0.15, 0.2) is 6.10 Å². The van der Waals surface area contributed by atoms with Crippen molar-refractivity contribution < 1.29 is 9.53 Å². The number of carbonyl (C=O) groups is 1. The maximum Gasteiger partial charge on any atom is 0.261 e. The summed E-state index contributed by atoms with van der Waals surface area (Å²) in [5.41, 5.74) is 3.54. The molecule has 122 valence electrons. The van der Waals surface area contributed by atoms with Crippen molar-refractivity contribution in [3.05, 3.63) is 64.2 Å². The van der Waals surface area contributed by atoms with Gasteiger partial charge in [-0.1, -0.05) is 29.8 Å². The molecule has 0 aliphatic heterocycles. The number of ether oxygens (including phenoxy) is 1. The van der Waals surface area contributed by atoms with E-state index in [4.69, 9.17) is 16.3 Å². The highest BCUT2D eigenvalue weighted by molar-refractivity contribution is 6.30. The first-order chi connectivity index (χ1) is 10.9. The van der Waals surface area contributed by atoms with Crippen LogP contribution in [0.1, 0.15) is 36.6 Å². The lowest BCUT2D eigenvalue weighted by molar-refractivity contribution is -0.127. The van der Waals surface area contributed by atoms with Crippen molar-refractivity contribution in [1.29, 1.82) is 0 Å². The fourth-order valence-electron chi connectivity index (χ4n) is 2.22. The lowest BCUT2D eigenvalue weighted by Gasteiger charge is -2.19. The van der Waals surface area contributed by atoms with Gasteiger partial charge < -0.3 is 10.1 Å². The molecule has 0 aromatic heterocycles. The molecule has 0 fully saturated rings. The Morgan fingerprint density at radius 3 is 2.30 bits per heavy atom. The Morgan fingerprint density at radius 2 is 1.70 bits per heavy atom. The first-order valence-corrected chi connectivity index (χ1v) is 8.04. The van der Waals surface area contributed by atoms with E-state index in [9.17, 15) is 4.79 Å². The monoisotopic (exact) mass is 331 g/mol. The minimum absolute atomic E-state index is 0.0712. The average molecular weight is 332 g/mol. The van der Waals surface area contributed by atoms with Gasteiger partial charge in [0.2, 0.25) is 0 Å². The van der Waals surface area contributed by atoms with E-state index in [1.165, 1.54) is 11.1 Å². The molecule has 0 radical (unpaired) electrons. The number of aryl methyl sites for hydroxylation is 2. The van der Waals surface area contributed by atoms with E-state index in [0.29, 0.717) is 10.8 Å². The SMILES string of the molecule is Cc1ccc([C@@H](C)NC(=O)[C@H](C)Oc2ccc(Cl)cc2)cc1C. The number of halogens is 1. The first kappa shape index (κ1) is 17.4. The van der Waals surface area contributed by atoms with Crippen LogP contribution in [0.2, 0.25) is 5.02 Å². The van der Waals surface area contributed by atoms with Crippen molar-refractivity contribution >= 4 is 17.5 Å². The molecule has 2 aromatic rings. The third-order valence-corrected chi connectivity index (χ3v) is 4.14. The van der Waals surface area contributed by atoms with Crippen molar-refractivity contribution in [2.75, 3.05) is 0 Å². The second kappa shape index (κ2) is 7.51. The van der Waals surface area contributed by atoms with Gasteiger partial charge >= 0.3 is 0 Å². The van der Waals surface area contributed by atoms with Crippen LogP contribution in [0.5, 0.6) is 5.75 Å². The Hall–Kier alpha value is -2.00. The molecule has 0 saturated heterocycles. The van der Waals surface area contributed by atoms with Crippen LogP contribution in [0.15, 0.2) is 42.5 Å². The summed E-state index contributed by atoms with van der Waals surface area (Å²) in [5.74, 6) is 0.474. The number of benzene rings is 2. The van der Waals surface area contributed by atoms with E-state index >= 15 is 0 Å². The van der Waals surface area contributed by atoms with Gasteiger partial charge in [-0.3, -0.25) is 4.79 Å². The largest absolute Gasteiger partial charge is 0.481 e. The molecule has 2 aromatic carbocycles. The van der Waals surface area contributed by atoms with Crippen molar-refractivity contribution in [2.24, 2.45) is 0 Å². The van der Waals surface area contributed by atoms with Crippen molar-refractivity contribution in [3.8, 4) is 5.75 Å². The van der Waals surface area contributed by atoms with Crippen LogP contribution < -0.4 is 10.1 Å².